The summed E-state index contributed by atoms with van der Waals surface area (Å²) in [4.78, 5) is 15.3. The maximum Gasteiger partial charge on any atom is 0.416 e. The van der Waals surface area contributed by atoms with Crippen LogP contribution in [0.2, 0.25) is 0 Å². The van der Waals surface area contributed by atoms with Crippen LogP contribution in [0.25, 0.3) is 10.9 Å². The number of fused-ring (bicyclic) bond motifs is 1. The lowest BCUT2D eigenvalue weighted by molar-refractivity contribution is -0.137. The molecule has 4 nitrogen and oxygen atoms in total. The zero-order chi connectivity index (χ0) is 18.0. The molecule has 0 bridgehead atoms. The number of carbonyl (C=O) groups is 1. The second-order valence-corrected chi connectivity index (χ2v) is 5.60. The summed E-state index contributed by atoms with van der Waals surface area (Å²) < 4.78 is 38.2. The van der Waals surface area contributed by atoms with E-state index in [0.29, 0.717) is 11.1 Å². The molecule has 2 aromatic carbocycles. The number of H-pyrrole nitrogens is 1. The molecule has 0 saturated heterocycles. The number of hydrogen-bond acceptors (Lipinski definition) is 2. The molecule has 25 heavy (non-hydrogen) atoms. The van der Waals surface area contributed by atoms with Gasteiger partial charge in [-0.15, -0.1) is 0 Å². The van der Waals surface area contributed by atoms with E-state index in [1.807, 2.05) is 12.1 Å². The van der Waals surface area contributed by atoms with E-state index in [1.165, 1.54) is 12.1 Å². The number of aliphatic hydroxyl groups excluding tert-OH is 1. The first-order chi connectivity index (χ1) is 11.9. The van der Waals surface area contributed by atoms with Crippen LogP contribution in [0.15, 0.2) is 54.7 Å². The second-order valence-electron chi connectivity index (χ2n) is 5.60. The molecule has 0 aliphatic carbocycles. The van der Waals surface area contributed by atoms with Gasteiger partial charge < -0.3 is 15.4 Å². The minimum absolute atomic E-state index is 0.0909. The van der Waals surface area contributed by atoms with Gasteiger partial charge in [-0.05, 0) is 29.8 Å². The van der Waals surface area contributed by atoms with Crippen molar-refractivity contribution in [3.8, 4) is 0 Å². The monoisotopic (exact) mass is 348 g/mol. The van der Waals surface area contributed by atoms with Crippen LogP contribution in [0.3, 0.4) is 0 Å². The van der Waals surface area contributed by atoms with Gasteiger partial charge in [0.25, 0.3) is 5.91 Å². The molecule has 0 radical (unpaired) electrons. The molecule has 0 aliphatic rings. The van der Waals surface area contributed by atoms with Gasteiger partial charge in [0.1, 0.15) is 0 Å². The van der Waals surface area contributed by atoms with E-state index in [0.717, 1.165) is 17.5 Å². The number of nitrogens with one attached hydrogen (secondary N) is 2. The third-order valence-corrected chi connectivity index (χ3v) is 3.89. The highest BCUT2D eigenvalue weighted by Gasteiger charge is 2.30. The minimum Gasteiger partial charge on any atom is -0.387 e. The molecule has 3 rings (SSSR count). The summed E-state index contributed by atoms with van der Waals surface area (Å²) in [6.45, 7) is -0.197. The highest BCUT2D eigenvalue weighted by atomic mass is 19.4. The fourth-order valence-electron chi connectivity index (χ4n) is 2.60. The molecule has 7 heteroatoms. The molecule has 3 aromatic rings. The van der Waals surface area contributed by atoms with Gasteiger partial charge in [-0.25, -0.2) is 0 Å². The number of para-hydroxylation sites is 1. The third-order valence-electron chi connectivity index (χ3n) is 3.89. The fraction of sp³-hybridized carbons (Fsp3) is 0.167. The van der Waals surface area contributed by atoms with Crippen LogP contribution < -0.4 is 5.32 Å². The van der Waals surface area contributed by atoms with Gasteiger partial charge in [0.2, 0.25) is 0 Å². The molecule has 1 atom stereocenters. The van der Waals surface area contributed by atoms with Crippen LogP contribution in [-0.2, 0) is 6.18 Å². The number of halogens is 3. The first-order valence-electron chi connectivity index (χ1n) is 7.56. The summed E-state index contributed by atoms with van der Waals surface area (Å²) in [7, 11) is 0. The summed E-state index contributed by atoms with van der Waals surface area (Å²) in [6, 6.07) is 11.5. The Morgan fingerprint density at radius 1 is 1.16 bits per heavy atom. The molecule has 1 heterocycles. The number of rotatable bonds is 4. The lowest BCUT2D eigenvalue weighted by Crippen LogP contribution is -2.28. The molecule has 130 valence electrons. The Hall–Kier alpha value is -2.80. The van der Waals surface area contributed by atoms with Gasteiger partial charge in [-0.2, -0.15) is 13.2 Å². The quantitative estimate of drug-likeness (QED) is 0.674. The summed E-state index contributed by atoms with van der Waals surface area (Å²) in [5, 5.41) is 13.5. The van der Waals surface area contributed by atoms with E-state index in [9.17, 15) is 23.1 Å². The molecule has 1 unspecified atom stereocenters. The summed E-state index contributed by atoms with van der Waals surface area (Å²) in [5.41, 5.74) is 0.312. The standard InChI is InChI=1S/C18H15F3N2O2/c19-18(20,21)13-5-1-4-12(9-13)15(24)10-23-17(25)14-6-2-3-11-7-8-22-16(11)14/h1-9,15,22,24H,10H2,(H,23,25). The highest BCUT2D eigenvalue weighted by molar-refractivity contribution is 6.05. The van der Waals surface area contributed by atoms with Gasteiger partial charge >= 0.3 is 6.18 Å². The van der Waals surface area contributed by atoms with Crippen molar-refractivity contribution < 1.29 is 23.1 Å². The number of benzene rings is 2. The first-order valence-corrected chi connectivity index (χ1v) is 7.56. The smallest absolute Gasteiger partial charge is 0.387 e. The van der Waals surface area contributed by atoms with Crippen molar-refractivity contribution in [3.05, 3.63) is 71.4 Å². The minimum atomic E-state index is -4.48. The van der Waals surface area contributed by atoms with E-state index in [1.54, 1.807) is 18.3 Å². The number of carbonyl (C=O) groups excluding carboxylic acids is 1. The molecule has 1 amide bonds. The Balaban J connectivity index is 1.71. The van der Waals surface area contributed by atoms with Crippen LogP contribution >= 0.6 is 0 Å². The lowest BCUT2D eigenvalue weighted by atomic mass is 10.1. The molecular weight excluding hydrogens is 333 g/mol. The SMILES string of the molecule is O=C(NCC(O)c1cccc(C(F)(F)F)c1)c1cccc2cc[nH]c12. The van der Waals surface area contributed by atoms with Crippen LogP contribution in [0, 0.1) is 0 Å². The Kier molecular flexibility index (Phi) is 4.50. The van der Waals surface area contributed by atoms with Crippen molar-refractivity contribution in [3.63, 3.8) is 0 Å². The Bertz CT molecular complexity index is 902. The number of alkyl halides is 3. The Labute approximate surface area is 141 Å². The Morgan fingerprint density at radius 3 is 2.68 bits per heavy atom. The number of aromatic nitrogens is 1. The average Bonchev–Trinajstić information content (AvgIpc) is 3.07. The third kappa shape index (κ3) is 3.66. The second kappa shape index (κ2) is 6.60. The van der Waals surface area contributed by atoms with Crippen molar-refractivity contribution in [2.24, 2.45) is 0 Å². The number of aliphatic hydroxyl groups is 1. The molecule has 0 aliphatic heterocycles. The van der Waals surface area contributed by atoms with E-state index in [2.05, 4.69) is 10.3 Å². The molecule has 0 saturated carbocycles. The molecule has 3 N–H and O–H groups in total. The predicted octanol–water partition coefficient (Wildman–Crippen LogP) is 3.65. The fourth-order valence-corrected chi connectivity index (χ4v) is 2.60. The summed E-state index contributed by atoms with van der Waals surface area (Å²) in [5.74, 6) is -0.418. The molecule has 0 spiro atoms. The largest absolute Gasteiger partial charge is 0.416 e. The van der Waals surface area contributed by atoms with Crippen molar-refractivity contribution in [1.29, 1.82) is 0 Å². The van der Waals surface area contributed by atoms with Crippen molar-refractivity contribution in [1.82, 2.24) is 10.3 Å². The molecule has 1 aromatic heterocycles. The van der Waals surface area contributed by atoms with Crippen molar-refractivity contribution in [2.75, 3.05) is 6.54 Å². The Morgan fingerprint density at radius 2 is 1.92 bits per heavy atom. The van der Waals surface area contributed by atoms with Crippen LogP contribution in [0.4, 0.5) is 13.2 Å². The van der Waals surface area contributed by atoms with E-state index < -0.39 is 23.8 Å². The lowest BCUT2D eigenvalue weighted by Gasteiger charge is -2.14. The maximum atomic E-state index is 12.7. The van der Waals surface area contributed by atoms with E-state index in [-0.39, 0.29) is 12.1 Å². The zero-order valence-electron chi connectivity index (χ0n) is 13.0. The van der Waals surface area contributed by atoms with Gasteiger partial charge in [-0.1, -0.05) is 24.3 Å². The predicted molar refractivity (Wildman–Crippen MR) is 87.0 cm³/mol. The number of hydrogen-bond donors (Lipinski definition) is 3. The number of amides is 1. The maximum absolute atomic E-state index is 12.7. The first kappa shape index (κ1) is 17.0. The van der Waals surface area contributed by atoms with E-state index in [4.69, 9.17) is 0 Å². The zero-order valence-corrected chi connectivity index (χ0v) is 13.0. The molecule has 0 fully saturated rings. The summed E-state index contributed by atoms with van der Waals surface area (Å²) in [6.07, 6.45) is -4.02. The van der Waals surface area contributed by atoms with Gasteiger partial charge in [-0.3, -0.25) is 4.79 Å². The topological polar surface area (TPSA) is 65.1 Å². The van der Waals surface area contributed by atoms with Gasteiger partial charge in [0.05, 0.1) is 22.7 Å². The number of aromatic amines is 1. The average molecular weight is 348 g/mol. The summed E-state index contributed by atoms with van der Waals surface area (Å²) >= 11 is 0. The van der Waals surface area contributed by atoms with Crippen LogP contribution in [0.5, 0.6) is 0 Å². The van der Waals surface area contributed by atoms with Crippen LogP contribution in [0.1, 0.15) is 27.6 Å². The van der Waals surface area contributed by atoms with Gasteiger partial charge in [0, 0.05) is 18.1 Å². The molecular formula is C18H15F3N2O2. The van der Waals surface area contributed by atoms with Crippen LogP contribution in [-0.4, -0.2) is 22.5 Å². The highest BCUT2D eigenvalue weighted by Crippen LogP contribution is 2.30. The normalized spacial score (nSPS) is 13.0. The van der Waals surface area contributed by atoms with Crippen molar-refractivity contribution >= 4 is 16.8 Å². The van der Waals surface area contributed by atoms with Crippen molar-refractivity contribution in [2.45, 2.75) is 12.3 Å². The van der Waals surface area contributed by atoms with E-state index >= 15 is 0 Å². The van der Waals surface area contributed by atoms with Gasteiger partial charge in [0.15, 0.2) is 0 Å².